The zero-order valence-corrected chi connectivity index (χ0v) is 4.34. The van der Waals surface area contributed by atoms with Gasteiger partial charge in [-0.25, -0.2) is 9.89 Å². The molecule has 0 bridgehead atoms. The lowest BCUT2D eigenvalue weighted by atomic mass is 10.9. The Labute approximate surface area is 48.9 Å². The van der Waals surface area contributed by atoms with E-state index in [-0.39, 0.29) is 5.48 Å². The van der Waals surface area contributed by atoms with Crippen LogP contribution in [0.15, 0.2) is 15.8 Å². The van der Waals surface area contributed by atoms with Crippen molar-refractivity contribution < 1.29 is 5.48 Å². The molecule has 0 spiro atoms. The van der Waals surface area contributed by atoms with Crippen LogP contribution in [0.5, 0.6) is 0 Å². The molecule has 1 aromatic rings. The van der Waals surface area contributed by atoms with E-state index in [2.05, 4.69) is 5.10 Å². The van der Waals surface area contributed by atoms with E-state index in [9.17, 15) is 9.59 Å². The van der Waals surface area contributed by atoms with Crippen LogP contribution in [0.2, 0.25) is 0 Å². The van der Waals surface area contributed by atoms with Crippen LogP contribution in [0.1, 0.15) is 0 Å². The Morgan fingerprint density at radius 1 is 1.44 bits per heavy atom. The maximum atomic E-state index is 10.2. The van der Waals surface area contributed by atoms with Gasteiger partial charge in [-0.05, 0) is 0 Å². The number of nitrogens with zero attached hydrogens (tertiary/aromatic N) is 1. The van der Waals surface area contributed by atoms with Gasteiger partial charge in [0, 0.05) is 0 Å². The molecule has 0 amide bonds. The molecule has 0 saturated heterocycles. The van der Waals surface area contributed by atoms with E-state index in [1.807, 2.05) is 10.1 Å². The Kier molecular flexibility index (Phi) is 2.33. The van der Waals surface area contributed by atoms with Gasteiger partial charge < -0.3 is 5.48 Å². The molecule has 1 aromatic heterocycles. The van der Waals surface area contributed by atoms with Crippen LogP contribution in [0.25, 0.3) is 0 Å². The summed E-state index contributed by atoms with van der Waals surface area (Å²) >= 11 is 0. The molecule has 9 heavy (non-hydrogen) atoms. The van der Waals surface area contributed by atoms with Crippen molar-refractivity contribution in [1.29, 1.82) is 0 Å². The van der Waals surface area contributed by atoms with Gasteiger partial charge in [-0.1, -0.05) is 0 Å². The smallest absolute Gasteiger partial charge is 0.342 e. The predicted molar refractivity (Wildman–Crippen MR) is 29.1 cm³/mol. The summed E-state index contributed by atoms with van der Waals surface area (Å²) in [5, 5.41) is 5.21. The third-order valence-corrected chi connectivity index (χ3v) is 0.585. The number of nitrogens with one attached hydrogen (secondary N) is 2. The molecule has 0 saturated carbocycles. The lowest BCUT2D eigenvalue weighted by molar-refractivity contribution is 0.824. The van der Waals surface area contributed by atoms with Crippen LogP contribution in [-0.4, -0.2) is 20.7 Å². The number of H-pyrrole nitrogens is 2. The van der Waals surface area contributed by atoms with Crippen molar-refractivity contribution in [3.63, 3.8) is 0 Å². The summed E-state index contributed by atoms with van der Waals surface area (Å²) in [6.45, 7) is 0. The lowest BCUT2D eigenvalue weighted by Crippen LogP contribution is -2.21. The Hall–Kier alpha value is -1.43. The Balaban J connectivity index is 0.000000640. The highest BCUT2D eigenvalue weighted by Gasteiger charge is 1.79. The molecule has 0 aromatic carbocycles. The molecule has 0 aliphatic rings. The van der Waals surface area contributed by atoms with Gasteiger partial charge in [-0.2, -0.15) is 5.10 Å². The van der Waals surface area contributed by atoms with Crippen LogP contribution in [0, 0.1) is 0 Å². The molecule has 1 heterocycles. The minimum absolute atomic E-state index is 0. The summed E-state index contributed by atoms with van der Waals surface area (Å²) in [7, 11) is 0. The second kappa shape index (κ2) is 2.78. The maximum Gasteiger partial charge on any atom is 0.342 e. The van der Waals surface area contributed by atoms with Crippen molar-refractivity contribution in [1.82, 2.24) is 15.2 Å². The molecule has 6 heteroatoms. The minimum Gasteiger partial charge on any atom is -0.412 e. The zero-order chi connectivity index (χ0) is 5.98. The largest absolute Gasteiger partial charge is 0.412 e. The zero-order valence-electron chi connectivity index (χ0n) is 4.34. The normalized spacial score (nSPS) is 8.00. The van der Waals surface area contributed by atoms with Crippen LogP contribution in [0.3, 0.4) is 0 Å². The third kappa shape index (κ3) is 1.87. The van der Waals surface area contributed by atoms with E-state index in [1.54, 1.807) is 0 Å². The first-order valence-corrected chi connectivity index (χ1v) is 1.93. The van der Waals surface area contributed by atoms with Gasteiger partial charge in [-0.3, -0.25) is 9.78 Å². The highest BCUT2D eigenvalue weighted by molar-refractivity contribution is 4.64. The van der Waals surface area contributed by atoms with Crippen molar-refractivity contribution in [2.24, 2.45) is 0 Å². The SMILES string of the molecule is O.O=c1cn[nH]c(=O)[nH]1. The summed E-state index contributed by atoms with van der Waals surface area (Å²) in [6.07, 6.45) is 0.987. The maximum absolute atomic E-state index is 10.2. The van der Waals surface area contributed by atoms with Gasteiger partial charge >= 0.3 is 5.69 Å². The first-order chi connectivity index (χ1) is 3.79. The topological polar surface area (TPSA) is 110 Å². The molecule has 6 nitrogen and oxygen atoms in total. The summed E-state index contributed by atoms with van der Waals surface area (Å²) in [6, 6.07) is 0. The molecule has 0 aliphatic carbocycles. The lowest BCUT2D eigenvalue weighted by Gasteiger charge is -1.74. The van der Waals surface area contributed by atoms with E-state index < -0.39 is 11.2 Å². The molecule has 1 rings (SSSR count). The van der Waals surface area contributed by atoms with Crippen molar-refractivity contribution in [2.45, 2.75) is 0 Å². The summed E-state index contributed by atoms with van der Waals surface area (Å²) in [4.78, 5) is 22.2. The standard InChI is InChI=1S/C3H3N3O2.H2O/c7-2-1-4-6-3(8)5-2;/h1H,(H2,5,6,7,8);1H2. The highest BCUT2D eigenvalue weighted by Crippen LogP contribution is 1.40. The minimum atomic E-state index is -0.586. The number of aromatic amines is 2. The molecule has 0 aliphatic heterocycles. The fraction of sp³-hybridized carbons (Fsp3) is 0. The molecule has 0 fully saturated rings. The number of hydrogen-bond donors (Lipinski definition) is 2. The molecule has 4 N–H and O–H groups in total. The number of aromatic nitrogens is 3. The van der Waals surface area contributed by atoms with E-state index in [4.69, 9.17) is 0 Å². The first kappa shape index (κ1) is 7.57. The van der Waals surface area contributed by atoms with Crippen LogP contribution < -0.4 is 11.2 Å². The molecular weight excluding hydrogens is 126 g/mol. The van der Waals surface area contributed by atoms with Crippen molar-refractivity contribution in [3.8, 4) is 0 Å². The molecular formula is C3H5N3O3. The van der Waals surface area contributed by atoms with E-state index in [0.717, 1.165) is 6.20 Å². The number of hydrogen-bond acceptors (Lipinski definition) is 3. The first-order valence-electron chi connectivity index (χ1n) is 1.93. The van der Waals surface area contributed by atoms with Crippen LogP contribution in [0.4, 0.5) is 0 Å². The second-order valence-corrected chi connectivity index (χ2v) is 1.19. The van der Waals surface area contributed by atoms with Gasteiger partial charge in [0.2, 0.25) is 0 Å². The van der Waals surface area contributed by atoms with E-state index >= 15 is 0 Å². The monoisotopic (exact) mass is 131 g/mol. The average Bonchev–Trinajstić information content (AvgIpc) is 1.64. The Morgan fingerprint density at radius 2 is 2.11 bits per heavy atom. The van der Waals surface area contributed by atoms with E-state index in [1.165, 1.54) is 0 Å². The van der Waals surface area contributed by atoms with Crippen LogP contribution in [-0.2, 0) is 0 Å². The van der Waals surface area contributed by atoms with Gasteiger partial charge in [0.05, 0.1) is 0 Å². The number of rotatable bonds is 0. The fourth-order valence-electron chi connectivity index (χ4n) is 0.322. The molecule has 50 valence electrons. The summed E-state index contributed by atoms with van der Waals surface area (Å²) in [5.41, 5.74) is -1.08. The summed E-state index contributed by atoms with van der Waals surface area (Å²) < 4.78 is 0. The second-order valence-electron chi connectivity index (χ2n) is 1.19. The van der Waals surface area contributed by atoms with Crippen LogP contribution >= 0.6 is 0 Å². The Morgan fingerprint density at radius 3 is 2.44 bits per heavy atom. The van der Waals surface area contributed by atoms with Gasteiger partial charge in [0.25, 0.3) is 5.56 Å². The fourth-order valence-corrected chi connectivity index (χ4v) is 0.322. The van der Waals surface area contributed by atoms with Crippen molar-refractivity contribution in [2.75, 3.05) is 0 Å². The van der Waals surface area contributed by atoms with Crippen molar-refractivity contribution in [3.05, 3.63) is 27.0 Å². The predicted octanol–water partition coefficient (Wildman–Crippen LogP) is -2.37. The average molecular weight is 131 g/mol. The van der Waals surface area contributed by atoms with Gasteiger partial charge in [0.15, 0.2) is 0 Å². The molecule has 0 radical (unpaired) electrons. The van der Waals surface area contributed by atoms with Crippen molar-refractivity contribution >= 4 is 0 Å². The molecule has 0 atom stereocenters. The Bertz CT molecular complexity index is 249. The quantitative estimate of drug-likeness (QED) is 0.410. The highest BCUT2D eigenvalue weighted by atomic mass is 16.2. The summed E-state index contributed by atoms with van der Waals surface area (Å²) in [5.74, 6) is 0. The third-order valence-electron chi connectivity index (χ3n) is 0.585. The van der Waals surface area contributed by atoms with E-state index in [0.29, 0.717) is 0 Å². The molecule has 0 unspecified atom stereocenters. The van der Waals surface area contributed by atoms with Gasteiger partial charge in [-0.15, -0.1) is 0 Å². The van der Waals surface area contributed by atoms with Gasteiger partial charge in [0.1, 0.15) is 6.20 Å².